The molecule has 1 aliphatic carbocycles. The van der Waals surface area contributed by atoms with Gasteiger partial charge in [0.05, 0.1) is 11.5 Å². The molecular formula is C36H51FN2O2. The van der Waals surface area contributed by atoms with E-state index in [4.69, 9.17) is 0 Å². The molecule has 1 aliphatic heterocycles. The van der Waals surface area contributed by atoms with Crippen LogP contribution in [0.2, 0.25) is 0 Å². The standard InChI is InChI=1S/C36H51FN2O2/c1-24-11-8-15-30(37)31(24)34(41)39-22-10-14-29(33(40)38-28-13-9-12-27(23-28)36(5,6)7)32(39)26-18-16-25(17-19-26)20-21-35(2,3)4/h8-9,11-13,15,23,25-26,29,32H,10,14,16-22H2,1-7H3,(H,38,40)/t25?,26?,29-,32-/m0/s1. The molecular weight excluding hydrogens is 511 g/mol. The number of carbonyl (C=O) groups excluding carboxylic acids is 2. The van der Waals surface area contributed by atoms with Gasteiger partial charge in [0.15, 0.2) is 0 Å². The first-order valence-corrected chi connectivity index (χ1v) is 15.7. The van der Waals surface area contributed by atoms with E-state index >= 15 is 4.39 Å². The molecule has 0 aromatic heterocycles. The molecule has 0 spiro atoms. The van der Waals surface area contributed by atoms with Crippen molar-refractivity contribution in [1.29, 1.82) is 0 Å². The number of halogens is 1. The van der Waals surface area contributed by atoms with E-state index in [0.29, 0.717) is 23.4 Å². The van der Waals surface area contributed by atoms with Crippen LogP contribution >= 0.6 is 0 Å². The molecule has 0 unspecified atom stereocenters. The molecule has 1 saturated heterocycles. The predicted molar refractivity (Wildman–Crippen MR) is 167 cm³/mol. The first-order valence-electron chi connectivity index (χ1n) is 15.7. The van der Waals surface area contributed by atoms with E-state index in [9.17, 15) is 9.59 Å². The summed E-state index contributed by atoms with van der Waals surface area (Å²) in [6.45, 7) is 15.7. The van der Waals surface area contributed by atoms with Crippen molar-refractivity contribution in [3.05, 3.63) is 65.0 Å². The van der Waals surface area contributed by atoms with Crippen LogP contribution in [0.4, 0.5) is 10.1 Å². The Morgan fingerprint density at radius 3 is 2.27 bits per heavy atom. The van der Waals surface area contributed by atoms with Crippen LogP contribution in [0.15, 0.2) is 42.5 Å². The molecule has 2 amide bonds. The predicted octanol–water partition coefficient (Wildman–Crippen LogP) is 8.92. The van der Waals surface area contributed by atoms with Gasteiger partial charge in [0.1, 0.15) is 5.82 Å². The third-order valence-corrected chi connectivity index (χ3v) is 9.39. The Morgan fingerprint density at radius 2 is 1.63 bits per heavy atom. The lowest BCUT2D eigenvalue weighted by Gasteiger charge is -2.47. The minimum Gasteiger partial charge on any atom is -0.334 e. The van der Waals surface area contributed by atoms with Crippen LogP contribution in [0, 0.1) is 35.9 Å². The quantitative estimate of drug-likeness (QED) is 0.382. The zero-order valence-corrected chi connectivity index (χ0v) is 26.4. The molecule has 0 radical (unpaired) electrons. The topological polar surface area (TPSA) is 49.4 Å². The SMILES string of the molecule is Cc1cccc(F)c1C(=O)N1CCC[C@H](C(=O)Nc2cccc(C(C)(C)C)c2)[C@@H]1C1CCC(CCC(C)(C)C)CC1. The Bertz CT molecular complexity index is 1200. The number of aryl methyl sites for hydroxylation is 1. The molecule has 1 saturated carbocycles. The first kappa shape index (κ1) is 31.3. The molecule has 2 aliphatic rings. The number of piperidine rings is 1. The minimum absolute atomic E-state index is 0.0272. The smallest absolute Gasteiger partial charge is 0.257 e. The van der Waals surface area contributed by atoms with Gasteiger partial charge in [-0.2, -0.15) is 0 Å². The Kier molecular flexibility index (Phi) is 9.66. The highest BCUT2D eigenvalue weighted by Crippen LogP contribution is 2.42. The second-order valence-electron chi connectivity index (χ2n) is 14.9. The molecule has 4 rings (SSSR count). The maximum Gasteiger partial charge on any atom is 0.257 e. The number of benzene rings is 2. The molecule has 5 heteroatoms. The lowest BCUT2D eigenvalue weighted by Crippen LogP contribution is -2.55. The maximum absolute atomic E-state index is 15.0. The van der Waals surface area contributed by atoms with Gasteiger partial charge in [-0.3, -0.25) is 9.59 Å². The van der Waals surface area contributed by atoms with E-state index in [1.807, 2.05) is 17.0 Å². The number of likely N-dealkylation sites (tertiary alicyclic amines) is 1. The number of hydrogen-bond donors (Lipinski definition) is 1. The van der Waals surface area contributed by atoms with Gasteiger partial charge < -0.3 is 10.2 Å². The van der Waals surface area contributed by atoms with E-state index in [1.54, 1.807) is 19.1 Å². The number of nitrogens with zero attached hydrogens (tertiary/aromatic N) is 1. The number of nitrogens with one attached hydrogen (secondary N) is 1. The summed E-state index contributed by atoms with van der Waals surface area (Å²) in [6, 6.07) is 12.7. The van der Waals surface area contributed by atoms with Crippen LogP contribution in [0.3, 0.4) is 0 Å². The lowest BCUT2D eigenvalue weighted by molar-refractivity contribution is -0.124. The summed E-state index contributed by atoms with van der Waals surface area (Å²) in [5.74, 6) is -0.181. The lowest BCUT2D eigenvalue weighted by atomic mass is 9.70. The van der Waals surface area contributed by atoms with Crippen LogP contribution in [0.5, 0.6) is 0 Å². The molecule has 2 aromatic rings. The van der Waals surface area contributed by atoms with Crippen molar-refractivity contribution >= 4 is 17.5 Å². The van der Waals surface area contributed by atoms with E-state index in [1.165, 1.54) is 18.9 Å². The van der Waals surface area contributed by atoms with Gasteiger partial charge in [-0.1, -0.05) is 78.6 Å². The summed E-state index contributed by atoms with van der Waals surface area (Å²) in [4.78, 5) is 29.8. The van der Waals surface area contributed by atoms with Gasteiger partial charge in [-0.15, -0.1) is 0 Å². The molecule has 224 valence electrons. The summed E-state index contributed by atoms with van der Waals surface area (Å²) < 4.78 is 15.0. The van der Waals surface area contributed by atoms with Crippen LogP contribution in [-0.2, 0) is 10.2 Å². The van der Waals surface area contributed by atoms with E-state index < -0.39 is 5.82 Å². The van der Waals surface area contributed by atoms with Crippen molar-refractivity contribution in [2.75, 3.05) is 11.9 Å². The second kappa shape index (κ2) is 12.7. The van der Waals surface area contributed by atoms with Crippen LogP contribution in [0.25, 0.3) is 0 Å². The molecule has 2 atom stereocenters. The number of carbonyl (C=O) groups is 2. The van der Waals surface area contributed by atoms with Gasteiger partial charge >= 0.3 is 0 Å². The third-order valence-electron chi connectivity index (χ3n) is 9.39. The molecule has 2 fully saturated rings. The van der Waals surface area contributed by atoms with Crippen molar-refractivity contribution in [2.45, 2.75) is 111 Å². The largest absolute Gasteiger partial charge is 0.334 e. The highest BCUT2D eigenvalue weighted by molar-refractivity contribution is 5.98. The van der Waals surface area contributed by atoms with Gasteiger partial charge in [0.25, 0.3) is 5.91 Å². The van der Waals surface area contributed by atoms with Crippen molar-refractivity contribution in [3.63, 3.8) is 0 Å². The molecule has 2 aromatic carbocycles. The molecule has 41 heavy (non-hydrogen) atoms. The Labute approximate surface area is 247 Å². The highest BCUT2D eigenvalue weighted by Gasteiger charge is 2.44. The van der Waals surface area contributed by atoms with Crippen LogP contribution < -0.4 is 5.32 Å². The Balaban J connectivity index is 1.60. The maximum atomic E-state index is 15.0. The van der Waals surface area contributed by atoms with Crippen molar-refractivity contribution in [2.24, 2.45) is 23.2 Å². The third kappa shape index (κ3) is 7.78. The van der Waals surface area contributed by atoms with Crippen LogP contribution in [0.1, 0.15) is 114 Å². The van der Waals surface area contributed by atoms with Crippen molar-refractivity contribution < 1.29 is 14.0 Å². The fourth-order valence-electron chi connectivity index (χ4n) is 6.93. The summed E-state index contributed by atoms with van der Waals surface area (Å²) >= 11 is 0. The minimum atomic E-state index is -0.481. The number of rotatable bonds is 6. The molecule has 1 N–H and O–H groups in total. The summed E-state index contributed by atoms with van der Waals surface area (Å²) in [5, 5.41) is 3.21. The molecule has 4 nitrogen and oxygen atoms in total. The second-order valence-corrected chi connectivity index (χ2v) is 14.9. The van der Waals surface area contributed by atoms with Gasteiger partial charge in [0.2, 0.25) is 5.91 Å². The average molecular weight is 563 g/mol. The number of amides is 2. The van der Waals surface area contributed by atoms with E-state index in [0.717, 1.165) is 49.8 Å². The monoisotopic (exact) mass is 562 g/mol. The van der Waals surface area contributed by atoms with Crippen molar-refractivity contribution in [3.8, 4) is 0 Å². The first-order chi connectivity index (χ1) is 19.2. The number of hydrogen-bond acceptors (Lipinski definition) is 2. The summed E-state index contributed by atoms with van der Waals surface area (Å²) in [7, 11) is 0. The molecule has 1 heterocycles. The molecule has 0 bridgehead atoms. The van der Waals surface area contributed by atoms with Crippen LogP contribution in [-0.4, -0.2) is 29.3 Å². The fraction of sp³-hybridized carbons (Fsp3) is 0.611. The average Bonchev–Trinajstić information content (AvgIpc) is 2.91. The highest BCUT2D eigenvalue weighted by atomic mass is 19.1. The fourth-order valence-corrected chi connectivity index (χ4v) is 6.93. The zero-order chi connectivity index (χ0) is 29.9. The summed E-state index contributed by atoms with van der Waals surface area (Å²) in [6.07, 6.45) is 8.16. The van der Waals surface area contributed by atoms with Gasteiger partial charge in [0, 0.05) is 18.3 Å². The normalized spacial score (nSPS) is 23.8. The van der Waals surface area contributed by atoms with Crippen molar-refractivity contribution in [1.82, 2.24) is 4.90 Å². The van der Waals surface area contributed by atoms with E-state index in [-0.39, 0.29) is 40.7 Å². The van der Waals surface area contributed by atoms with E-state index in [2.05, 4.69) is 59.0 Å². The Morgan fingerprint density at radius 1 is 0.951 bits per heavy atom. The Hall–Kier alpha value is -2.69. The van der Waals surface area contributed by atoms with Gasteiger partial charge in [-0.25, -0.2) is 4.39 Å². The number of anilines is 1. The van der Waals surface area contributed by atoms with Gasteiger partial charge in [-0.05, 0) is 97.4 Å². The zero-order valence-electron chi connectivity index (χ0n) is 26.4. The summed E-state index contributed by atoms with van der Waals surface area (Å²) in [5.41, 5.74) is 3.05.